The van der Waals surface area contributed by atoms with E-state index in [-0.39, 0.29) is 4.90 Å². The molecule has 1 aromatic rings. The van der Waals surface area contributed by atoms with Crippen LogP contribution in [-0.2, 0) is 9.84 Å². The highest BCUT2D eigenvalue weighted by Crippen LogP contribution is 2.28. The van der Waals surface area contributed by atoms with E-state index in [1.165, 1.54) is 20.8 Å². The largest absolute Gasteiger partial charge is 0.573 e. The molecule has 18 heavy (non-hydrogen) atoms. The molecule has 7 heteroatoms. The minimum atomic E-state index is -4.79. The molecular formula is C11H13F3O3S. The van der Waals surface area contributed by atoms with Crippen LogP contribution in [0.4, 0.5) is 13.2 Å². The van der Waals surface area contributed by atoms with E-state index in [1.807, 2.05) is 0 Å². The summed E-state index contributed by atoms with van der Waals surface area (Å²) in [6.07, 6.45) is -4.79. The molecule has 0 atom stereocenters. The molecule has 0 bridgehead atoms. The maximum absolute atomic E-state index is 12.0. The number of halogens is 3. The van der Waals surface area contributed by atoms with E-state index in [0.717, 1.165) is 24.3 Å². The third-order valence-electron chi connectivity index (χ3n) is 2.17. The number of hydrogen-bond donors (Lipinski definition) is 0. The van der Waals surface area contributed by atoms with E-state index in [9.17, 15) is 21.6 Å². The molecule has 102 valence electrons. The van der Waals surface area contributed by atoms with Crippen LogP contribution < -0.4 is 4.74 Å². The van der Waals surface area contributed by atoms with Gasteiger partial charge in [-0.2, -0.15) is 0 Å². The van der Waals surface area contributed by atoms with Gasteiger partial charge in [0.05, 0.1) is 9.64 Å². The molecule has 0 fully saturated rings. The molecule has 0 heterocycles. The van der Waals surface area contributed by atoms with Crippen LogP contribution in [0.2, 0.25) is 0 Å². The number of alkyl halides is 3. The molecule has 0 saturated carbocycles. The van der Waals surface area contributed by atoms with Crippen LogP contribution in [0.25, 0.3) is 0 Å². The summed E-state index contributed by atoms with van der Waals surface area (Å²) in [4.78, 5) is -0.0375. The van der Waals surface area contributed by atoms with Gasteiger partial charge in [-0.05, 0) is 45.0 Å². The Morgan fingerprint density at radius 2 is 1.44 bits per heavy atom. The number of rotatable bonds is 2. The Labute approximate surface area is 103 Å². The molecule has 0 aliphatic carbocycles. The SMILES string of the molecule is CC(C)(C)S(=O)(=O)c1ccc(OC(F)(F)F)cc1. The second-order valence-corrected chi connectivity index (χ2v) is 7.34. The van der Waals surface area contributed by atoms with Crippen LogP contribution in [0, 0.1) is 0 Å². The summed E-state index contributed by atoms with van der Waals surface area (Å²) >= 11 is 0. The second kappa shape index (κ2) is 4.46. The van der Waals surface area contributed by atoms with Gasteiger partial charge in [-0.15, -0.1) is 13.2 Å². The van der Waals surface area contributed by atoms with Gasteiger partial charge < -0.3 is 4.74 Å². The minimum absolute atomic E-state index is 0.0375. The first-order valence-electron chi connectivity index (χ1n) is 5.04. The standard InChI is InChI=1S/C11H13F3O3S/c1-10(2,3)18(15,16)9-6-4-8(5-7-9)17-11(12,13)14/h4-7H,1-3H3. The molecule has 1 rings (SSSR count). The van der Waals surface area contributed by atoms with Gasteiger partial charge in [0.2, 0.25) is 0 Å². The lowest BCUT2D eigenvalue weighted by Gasteiger charge is -2.19. The second-order valence-electron chi connectivity index (χ2n) is 4.64. The van der Waals surface area contributed by atoms with Gasteiger partial charge in [0.1, 0.15) is 5.75 Å². The maximum atomic E-state index is 12.0. The summed E-state index contributed by atoms with van der Waals surface area (Å²) in [7, 11) is -3.57. The first kappa shape index (κ1) is 14.8. The van der Waals surface area contributed by atoms with Crippen molar-refractivity contribution < 1.29 is 26.3 Å². The molecule has 0 aliphatic rings. The summed E-state index contributed by atoms with van der Waals surface area (Å²) in [5.41, 5.74) is 0. The molecule has 0 aliphatic heterocycles. The quantitative estimate of drug-likeness (QED) is 0.837. The van der Waals surface area contributed by atoms with Gasteiger partial charge in [-0.1, -0.05) is 0 Å². The van der Waals surface area contributed by atoms with Crippen molar-refractivity contribution in [2.75, 3.05) is 0 Å². The predicted octanol–water partition coefficient (Wildman–Crippen LogP) is 3.16. The smallest absolute Gasteiger partial charge is 0.406 e. The van der Waals surface area contributed by atoms with E-state index < -0.39 is 26.7 Å². The maximum Gasteiger partial charge on any atom is 0.573 e. The fourth-order valence-corrected chi connectivity index (χ4v) is 2.38. The van der Waals surface area contributed by atoms with Crippen LogP contribution in [0.3, 0.4) is 0 Å². The van der Waals surface area contributed by atoms with Crippen molar-refractivity contribution in [2.45, 2.75) is 36.8 Å². The third kappa shape index (κ3) is 3.38. The van der Waals surface area contributed by atoms with E-state index in [4.69, 9.17) is 0 Å². The van der Waals surface area contributed by atoms with E-state index in [0.29, 0.717) is 0 Å². The summed E-state index contributed by atoms with van der Waals surface area (Å²) < 4.78 is 62.4. The summed E-state index contributed by atoms with van der Waals surface area (Å²) in [6.45, 7) is 4.55. The predicted molar refractivity (Wildman–Crippen MR) is 60.1 cm³/mol. The summed E-state index contributed by atoms with van der Waals surface area (Å²) in [5, 5.41) is 0. The molecule has 1 aromatic carbocycles. The van der Waals surface area contributed by atoms with E-state index in [2.05, 4.69) is 4.74 Å². The van der Waals surface area contributed by atoms with Crippen molar-refractivity contribution in [3.8, 4) is 5.75 Å². The Kier molecular flexibility index (Phi) is 3.67. The van der Waals surface area contributed by atoms with Crippen molar-refractivity contribution in [2.24, 2.45) is 0 Å². The lowest BCUT2D eigenvalue weighted by Crippen LogP contribution is -2.27. The monoisotopic (exact) mass is 282 g/mol. The Bertz CT molecular complexity index is 510. The van der Waals surface area contributed by atoms with Gasteiger partial charge in [0, 0.05) is 0 Å². The lowest BCUT2D eigenvalue weighted by atomic mass is 10.3. The van der Waals surface area contributed by atoms with Gasteiger partial charge >= 0.3 is 6.36 Å². The van der Waals surface area contributed by atoms with Crippen LogP contribution >= 0.6 is 0 Å². The van der Waals surface area contributed by atoms with E-state index in [1.54, 1.807) is 0 Å². The molecular weight excluding hydrogens is 269 g/mol. The van der Waals surface area contributed by atoms with Crippen LogP contribution in [0.5, 0.6) is 5.75 Å². The third-order valence-corrected chi connectivity index (χ3v) is 4.68. The Hall–Kier alpha value is -1.24. The number of sulfone groups is 1. The van der Waals surface area contributed by atoms with Crippen molar-refractivity contribution in [3.63, 3.8) is 0 Å². The zero-order chi connectivity index (χ0) is 14.2. The Balaban J connectivity index is 3.05. The Morgan fingerprint density at radius 3 is 1.78 bits per heavy atom. The highest BCUT2D eigenvalue weighted by atomic mass is 32.2. The van der Waals surface area contributed by atoms with Crippen molar-refractivity contribution in [3.05, 3.63) is 24.3 Å². The average Bonchev–Trinajstić information content (AvgIpc) is 2.14. The molecule has 0 unspecified atom stereocenters. The van der Waals surface area contributed by atoms with Crippen molar-refractivity contribution in [1.82, 2.24) is 0 Å². The van der Waals surface area contributed by atoms with E-state index >= 15 is 0 Å². The lowest BCUT2D eigenvalue weighted by molar-refractivity contribution is -0.274. The first-order chi connectivity index (χ1) is 7.93. The molecule has 0 spiro atoms. The summed E-state index contributed by atoms with van der Waals surface area (Å²) in [5.74, 6) is -0.449. The molecule has 0 N–H and O–H groups in total. The number of benzene rings is 1. The molecule has 3 nitrogen and oxygen atoms in total. The fraction of sp³-hybridized carbons (Fsp3) is 0.455. The molecule has 0 aromatic heterocycles. The Morgan fingerprint density at radius 1 is 1.00 bits per heavy atom. The highest BCUT2D eigenvalue weighted by Gasteiger charge is 2.33. The number of ether oxygens (including phenoxy) is 1. The highest BCUT2D eigenvalue weighted by molar-refractivity contribution is 7.92. The first-order valence-corrected chi connectivity index (χ1v) is 6.52. The van der Waals surface area contributed by atoms with Crippen molar-refractivity contribution in [1.29, 1.82) is 0 Å². The van der Waals surface area contributed by atoms with Crippen LogP contribution in [0.1, 0.15) is 20.8 Å². The summed E-state index contributed by atoms with van der Waals surface area (Å²) in [6, 6.07) is 4.15. The normalized spacial score (nSPS) is 13.4. The van der Waals surface area contributed by atoms with Gasteiger partial charge in [0.25, 0.3) is 0 Å². The zero-order valence-electron chi connectivity index (χ0n) is 10.1. The topological polar surface area (TPSA) is 43.4 Å². The van der Waals surface area contributed by atoms with Crippen LogP contribution in [0.15, 0.2) is 29.2 Å². The number of hydrogen-bond acceptors (Lipinski definition) is 3. The van der Waals surface area contributed by atoms with Crippen molar-refractivity contribution >= 4 is 9.84 Å². The minimum Gasteiger partial charge on any atom is -0.406 e. The molecule has 0 radical (unpaired) electrons. The molecule has 0 amide bonds. The van der Waals surface area contributed by atoms with Gasteiger partial charge in [-0.3, -0.25) is 0 Å². The van der Waals surface area contributed by atoms with Crippen LogP contribution in [-0.4, -0.2) is 19.5 Å². The van der Waals surface area contributed by atoms with Gasteiger partial charge in [-0.25, -0.2) is 8.42 Å². The van der Waals surface area contributed by atoms with Gasteiger partial charge in [0.15, 0.2) is 9.84 Å². The average molecular weight is 282 g/mol. The zero-order valence-corrected chi connectivity index (χ0v) is 10.9. The fourth-order valence-electron chi connectivity index (χ4n) is 1.17. The molecule has 0 saturated heterocycles.